The molecule has 0 aliphatic carbocycles. The van der Waals surface area contributed by atoms with E-state index in [9.17, 15) is 0 Å². The Labute approximate surface area is 173 Å². The van der Waals surface area contributed by atoms with Gasteiger partial charge in [-0.15, -0.1) is 0 Å². The number of fused-ring (bicyclic) bond motifs is 1. The molecule has 0 bridgehead atoms. The van der Waals surface area contributed by atoms with Crippen LogP contribution in [0.2, 0.25) is 5.02 Å². The van der Waals surface area contributed by atoms with E-state index in [2.05, 4.69) is 22.1 Å². The monoisotopic (exact) mass is 410 g/mol. The van der Waals surface area contributed by atoms with E-state index in [1.54, 1.807) is 6.92 Å². The van der Waals surface area contributed by atoms with Crippen molar-refractivity contribution in [1.82, 2.24) is 20.2 Å². The average molecular weight is 411 g/mol. The van der Waals surface area contributed by atoms with Crippen molar-refractivity contribution in [3.63, 3.8) is 0 Å². The molecule has 0 saturated carbocycles. The predicted molar refractivity (Wildman–Crippen MR) is 113 cm³/mol. The van der Waals surface area contributed by atoms with Gasteiger partial charge in [0.15, 0.2) is 5.49 Å². The maximum Gasteiger partial charge on any atom is 0.173 e. The molecule has 2 aliphatic rings. The molecule has 0 unspecified atom stereocenters. The van der Waals surface area contributed by atoms with Gasteiger partial charge in [-0.3, -0.25) is 5.41 Å². The normalized spacial score (nSPS) is 19.5. The number of nitrogens with two attached hydrogens (primary N) is 1. The standard InChI is InChI=1S/C21H23ClN6O/c1-12-11-29-8-7-28(12)18-9-17-15(10-25-18)20(14-5-3-4-6-16(14)22)27-19(13(2)23)21(24)26-17/h3-6,9-10,12,24-25H,7-8,11,23H2,1-2H3/b19-13+,24-21?/t12-/m0/s1. The molecule has 1 aromatic heterocycles. The maximum absolute atomic E-state index is 8.42. The highest BCUT2D eigenvalue weighted by molar-refractivity contribution is 6.33. The van der Waals surface area contributed by atoms with E-state index in [1.165, 1.54) is 0 Å². The molecule has 8 heteroatoms. The molecule has 4 N–H and O–H groups in total. The fourth-order valence-electron chi connectivity index (χ4n) is 3.53. The van der Waals surface area contributed by atoms with E-state index >= 15 is 0 Å². The molecule has 3 heterocycles. The Morgan fingerprint density at radius 1 is 1.34 bits per heavy atom. The van der Waals surface area contributed by atoms with Gasteiger partial charge in [0.2, 0.25) is 0 Å². The number of hydrogen-bond acceptors (Lipinski definition) is 7. The van der Waals surface area contributed by atoms with Crippen LogP contribution in [0.4, 0.5) is 0 Å². The molecule has 2 aliphatic heterocycles. The van der Waals surface area contributed by atoms with Crippen LogP contribution < -0.4 is 27.1 Å². The zero-order valence-corrected chi connectivity index (χ0v) is 17.1. The Morgan fingerprint density at radius 3 is 2.86 bits per heavy atom. The number of nitrogens with one attached hydrogen (secondary N) is 2. The second kappa shape index (κ2) is 7.85. The third kappa shape index (κ3) is 3.71. The van der Waals surface area contributed by atoms with Crippen molar-refractivity contribution in [1.29, 1.82) is 5.41 Å². The Kier molecular flexibility index (Phi) is 5.25. The lowest BCUT2D eigenvalue weighted by molar-refractivity contribution is 0.0153. The average Bonchev–Trinajstić information content (AvgIpc) is 2.84. The minimum atomic E-state index is 0.0282. The van der Waals surface area contributed by atoms with Crippen molar-refractivity contribution in [2.24, 2.45) is 5.73 Å². The zero-order valence-electron chi connectivity index (χ0n) is 16.4. The van der Waals surface area contributed by atoms with Crippen LogP contribution in [-0.2, 0) is 4.74 Å². The van der Waals surface area contributed by atoms with Gasteiger partial charge in [-0.1, -0.05) is 29.8 Å². The summed E-state index contributed by atoms with van der Waals surface area (Å²) in [5.74, 6) is 0.923. The largest absolute Gasteiger partial charge is 0.400 e. The van der Waals surface area contributed by atoms with Gasteiger partial charge in [-0.25, -0.2) is 9.97 Å². The van der Waals surface area contributed by atoms with Gasteiger partial charge >= 0.3 is 0 Å². The van der Waals surface area contributed by atoms with Gasteiger partial charge < -0.3 is 20.7 Å². The molecule has 1 saturated heterocycles. The van der Waals surface area contributed by atoms with Crippen LogP contribution in [0.3, 0.4) is 0 Å². The van der Waals surface area contributed by atoms with Crippen molar-refractivity contribution >= 4 is 29.6 Å². The van der Waals surface area contributed by atoms with E-state index in [0.717, 1.165) is 23.1 Å². The van der Waals surface area contributed by atoms with Gasteiger partial charge in [-0.05, 0) is 19.9 Å². The number of hydrogen-bond donors (Lipinski definition) is 3. The second-order valence-electron chi connectivity index (χ2n) is 7.17. The zero-order chi connectivity index (χ0) is 20.5. The SMILES string of the molecule is C/C(N)=c1\nc(-c2ccccc2Cl)c2c(nc1=N)C=C(N1CCOC[C@@H]1C)NC=2. The Bertz CT molecular complexity index is 1170. The summed E-state index contributed by atoms with van der Waals surface area (Å²) < 4.78 is 5.54. The van der Waals surface area contributed by atoms with Crippen LogP contribution in [0.5, 0.6) is 0 Å². The highest BCUT2D eigenvalue weighted by Gasteiger charge is 2.23. The van der Waals surface area contributed by atoms with E-state index in [0.29, 0.717) is 40.7 Å². The first-order valence-corrected chi connectivity index (χ1v) is 9.84. The first-order chi connectivity index (χ1) is 14.0. The molecule has 0 radical (unpaired) electrons. The van der Waals surface area contributed by atoms with Crippen LogP contribution in [0.1, 0.15) is 19.5 Å². The summed E-state index contributed by atoms with van der Waals surface area (Å²) in [5.41, 5.74) is 8.52. The van der Waals surface area contributed by atoms with Crippen molar-refractivity contribution in [3.05, 3.63) is 56.9 Å². The highest BCUT2D eigenvalue weighted by atomic mass is 35.5. The quantitative estimate of drug-likeness (QED) is 0.674. The third-order valence-electron chi connectivity index (χ3n) is 5.03. The molecule has 1 atom stereocenters. The Morgan fingerprint density at radius 2 is 2.14 bits per heavy atom. The van der Waals surface area contributed by atoms with E-state index in [1.807, 2.05) is 36.5 Å². The first kappa shape index (κ1) is 19.4. The van der Waals surface area contributed by atoms with E-state index < -0.39 is 0 Å². The molecule has 4 rings (SSSR count). The topological polar surface area (TPSA) is 100 Å². The lowest BCUT2D eigenvalue weighted by Gasteiger charge is -2.37. The Hall–Kier alpha value is -2.90. The van der Waals surface area contributed by atoms with Crippen molar-refractivity contribution in [3.8, 4) is 11.3 Å². The molecule has 2 aromatic rings. The summed E-state index contributed by atoms with van der Waals surface area (Å²) >= 11 is 6.47. The number of halogens is 1. The molecule has 150 valence electrons. The number of nitrogens with zero attached hydrogens (tertiary/aromatic N) is 3. The lowest BCUT2D eigenvalue weighted by Crippen LogP contribution is -2.46. The van der Waals surface area contributed by atoms with Gasteiger partial charge in [0.25, 0.3) is 0 Å². The molecule has 1 fully saturated rings. The van der Waals surface area contributed by atoms with Gasteiger partial charge in [0.1, 0.15) is 11.2 Å². The number of aromatic nitrogens is 2. The number of benzene rings is 1. The van der Waals surface area contributed by atoms with E-state index in [-0.39, 0.29) is 11.5 Å². The van der Waals surface area contributed by atoms with Crippen molar-refractivity contribution in [2.75, 3.05) is 19.8 Å². The van der Waals surface area contributed by atoms with Crippen LogP contribution >= 0.6 is 11.6 Å². The highest BCUT2D eigenvalue weighted by Crippen LogP contribution is 2.24. The predicted octanol–water partition coefficient (Wildman–Crippen LogP) is 0.724. The molecular weight excluding hydrogens is 388 g/mol. The number of morpholine rings is 1. The second-order valence-corrected chi connectivity index (χ2v) is 7.57. The minimum Gasteiger partial charge on any atom is -0.400 e. The third-order valence-corrected chi connectivity index (χ3v) is 5.36. The maximum atomic E-state index is 8.42. The van der Waals surface area contributed by atoms with E-state index in [4.69, 9.17) is 32.5 Å². The van der Waals surface area contributed by atoms with Gasteiger partial charge in [-0.2, -0.15) is 0 Å². The summed E-state index contributed by atoms with van der Waals surface area (Å²) in [6.45, 7) is 5.97. The fourth-order valence-corrected chi connectivity index (χ4v) is 3.76. The lowest BCUT2D eigenvalue weighted by atomic mass is 10.1. The molecular formula is C21H23ClN6O. The molecule has 0 spiro atoms. The first-order valence-electron chi connectivity index (χ1n) is 9.47. The molecule has 29 heavy (non-hydrogen) atoms. The summed E-state index contributed by atoms with van der Waals surface area (Å²) in [6, 6.07) is 7.74. The summed E-state index contributed by atoms with van der Waals surface area (Å²) in [7, 11) is 0. The summed E-state index contributed by atoms with van der Waals surface area (Å²) in [4.78, 5) is 11.5. The molecule has 7 nitrogen and oxygen atoms in total. The molecule has 0 amide bonds. The summed E-state index contributed by atoms with van der Waals surface area (Å²) in [5, 5.41) is 13.5. The van der Waals surface area contributed by atoms with Crippen LogP contribution in [0.25, 0.3) is 29.2 Å². The molecule has 1 aromatic carbocycles. The summed E-state index contributed by atoms with van der Waals surface area (Å²) in [6.07, 6.45) is 3.83. The van der Waals surface area contributed by atoms with Crippen LogP contribution in [0.15, 0.2) is 30.1 Å². The number of ether oxygens (including phenoxy) is 1. The number of rotatable bonds is 2. The van der Waals surface area contributed by atoms with Crippen molar-refractivity contribution < 1.29 is 4.74 Å². The van der Waals surface area contributed by atoms with Gasteiger partial charge in [0, 0.05) is 40.3 Å². The van der Waals surface area contributed by atoms with Crippen LogP contribution in [-0.4, -0.2) is 40.7 Å². The minimum absolute atomic E-state index is 0.0282. The van der Waals surface area contributed by atoms with Crippen LogP contribution in [0, 0.1) is 5.41 Å². The van der Waals surface area contributed by atoms with Crippen molar-refractivity contribution in [2.45, 2.75) is 19.9 Å². The Balaban J connectivity index is 1.99. The fraction of sp³-hybridized carbons (Fsp3) is 0.286. The smallest absolute Gasteiger partial charge is 0.173 e. The van der Waals surface area contributed by atoms with Gasteiger partial charge in [0.05, 0.1) is 30.6 Å².